The highest BCUT2D eigenvalue weighted by molar-refractivity contribution is 5.33. The third-order valence-electron chi connectivity index (χ3n) is 5.55. The summed E-state index contributed by atoms with van der Waals surface area (Å²) in [6.45, 7) is 1.44. The van der Waals surface area contributed by atoms with E-state index in [2.05, 4.69) is 31.1 Å². The smallest absolute Gasteiger partial charge is 0.119 e. The van der Waals surface area contributed by atoms with E-state index in [1.54, 1.807) is 7.11 Å². The van der Waals surface area contributed by atoms with Gasteiger partial charge in [-0.3, -0.25) is 0 Å². The van der Waals surface area contributed by atoms with Crippen molar-refractivity contribution in [2.75, 3.05) is 27.7 Å². The van der Waals surface area contributed by atoms with E-state index >= 15 is 0 Å². The van der Waals surface area contributed by atoms with Crippen LogP contribution in [0.3, 0.4) is 0 Å². The van der Waals surface area contributed by atoms with Crippen LogP contribution < -0.4 is 4.74 Å². The van der Waals surface area contributed by atoms with Crippen molar-refractivity contribution < 1.29 is 14.6 Å². The molecule has 0 aromatic heterocycles. The quantitative estimate of drug-likeness (QED) is 0.805. The molecule has 1 fully saturated rings. The van der Waals surface area contributed by atoms with E-state index in [-0.39, 0.29) is 12.0 Å². The molecule has 0 heterocycles. The summed E-state index contributed by atoms with van der Waals surface area (Å²) in [6, 6.07) is 18.1. The molecule has 0 spiro atoms. The highest BCUT2D eigenvalue weighted by Crippen LogP contribution is 2.43. The fourth-order valence-corrected chi connectivity index (χ4v) is 4.09. The first-order valence-electron chi connectivity index (χ1n) is 9.68. The summed E-state index contributed by atoms with van der Waals surface area (Å²) in [5.41, 5.74) is 1.27. The van der Waals surface area contributed by atoms with Gasteiger partial charge in [0.2, 0.25) is 0 Å². The molecule has 0 bridgehead atoms. The lowest BCUT2D eigenvalue weighted by Crippen LogP contribution is -2.46. The average molecular weight is 370 g/mol. The molecule has 4 nitrogen and oxygen atoms in total. The molecule has 0 radical (unpaired) electrons. The Morgan fingerprint density at radius 2 is 1.89 bits per heavy atom. The van der Waals surface area contributed by atoms with Gasteiger partial charge in [0.05, 0.1) is 25.4 Å². The first-order valence-corrected chi connectivity index (χ1v) is 9.68. The van der Waals surface area contributed by atoms with E-state index in [9.17, 15) is 5.11 Å². The van der Waals surface area contributed by atoms with Gasteiger partial charge >= 0.3 is 0 Å². The number of nitrogens with zero attached hydrogens (tertiary/aromatic N) is 1. The minimum atomic E-state index is -0.856. The molecule has 1 saturated carbocycles. The molecule has 1 N–H and O–H groups in total. The first-order chi connectivity index (χ1) is 13.0. The van der Waals surface area contributed by atoms with Crippen molar-refractivity contribution in [3.8, 4) is 5.75 Å². The second kappa shape index (κ2) is 8.87. The lowest BCUT2D eigenvalue weighted by atomic mass is 9.70. The van der Waals surface area contributed by atoms with Crippen LogP contribution in [0.15, 0.2) is 54.6 Å². The maximum absolute atomic E-state index is 11.6. The molecule has 3 rings (SSSR count). The van der Waals surface area contributed by atoms with Gasteiger partial charge in [-0.1, -0.05) is 42.5 Å². The van der Waals surface area contributed by atoms with Crippen molar-refractivity contribution in [2.24, 2.45) is 5.92 Å². The predicted molar refractivity (Wildman–Crippen MR) is 108 cm³/mol. The van der Waals surface area contributed by atoms with E-state index in [0.717, 1.165) is 30.7 Å². The summed E-state index contributed by atoms with van der Waals surface area (Å²) in [4.78, 5) is 2.15. The molecule has 0 saturated heterocycles. The summed E-state index contributed by atoms with van der Waals surface area (Å²) >= 11 is 0. The van der Waals surface area contributed by atoms with E-state index in [1.807, 2.05) is 42.5 Å². The Morgan fingerprint density at radius 3 is 2.59 bits per heavy atom. The van der Waals surface area contributed by atoms with Gasteiger partial charge in [0, 0.05) is 12.5 Å². The maximum Gasteiger partial charge on any atom is 0.119 e. The summed E-state index contributed by atoms with van der Waals surface area (Å²) < 4.78 is 11.6. The van der Waals surface area contributed by atoms with Crippen molar-refractivity contribution in [1.82, 2.24) is 4.90 Å². The predicted octanol–water partition coefficient (Wildman–Crippen LogP) is 3.83. The van der Waals surface area contributed by atoms with Gasteiger partial charge in [0.1, 0.15) is 5.75 Å². The molecule has 1 aliphatic carbocycles. The zero-order chi connectivity index (χ0) is 19.3. The summed E-state index contributed by atoms with van der Waals surface area (Å²) in [5.74, 6) is 0.890. The van der Waals surface area contributed by atoms with Crippen LogP contribution in [0, 0.1) is 5.92 Å². The van der Waals surface area contributed by atoms with E-state index in [4.69, 9.17) is 9.47 Å². The lowest BCUT2D eigenvalue weighted by molar-refractivity contribution is -0.110. The fourth-order valence-electron chi connectivity index (χ4n) is 4.09. The minimum absolute atomic E-state index is 0.106. The van der Waals surface area contributed by atoms with E-state index in [0.29, 0.717) is 13.0 Å². The normalized spacial score (nSPS) is 25.5. The van der Waals surface area contributed by atoms with Crippen LogP contribution in [0.5, 0.6) is 5.75 Å². The molecule has 2 aromatic carbocycles. The largest absolute Gasteiger partial charge is 0.497 e. The molecule has 0 unspecified atom stereocenters. The second-order valence-electron chi connectivity index (χ2n) is 7.81. The average Bonchev–Trinajstić information content (AvgIpc) is 2.69. The zero-order valence-electron chi connectivity index (χ0n) is 16.6. The van der Waals surface area contributed by atoms with Gasteiger partial charge < -0.3 is 19.5 Å². The number of ether oxygens (including phenoxy) is 2. The highest BCUT2D eigenvalue weighted by Gasteiger charge is 2.44. The van der Waals surface area contributed by atoms with Crippen molar-refractivity contribution in [3.63, 3.8) is 0 Å². The molecule has 2 aromatic rings. The van der Waals surface area contributed by atoms with Crippen LogP contribution in [0.25, 0.3) is 0 Å². The highest BCUT2D eigenvalue weighted by atomic mass is 16.5. The summed E-state index contributed by atoms with van der Waals surface area (Å²) in [7, 11) is 5.77. The Labute approximate surface area is 162 Å². The molecule has 4 heteroatoms. The van der Waals surface area contributed by atoms with Crippen molar-refractivity contribution in [3.05, 3.63) is 65.7 Å². The molecule has 1 aliphatic rings. The second-order valence-corrected chi connectivity index (χ2v) is 7.81. The Kier molecular flexibility index (Phi) is 6.53. The Balaban J connectivity index is 1.74. The van der Waals surface area contributed by atoms with Crippen LogP contribution >= 0.6 is 0 Å². The van der Waals surface area contributed by atoms with E-state index < -0.39 is 5.60 Å². The summed E-state index contributed by atoms with van der Waals surface area (Å²) in [6.07, 6.45) is 2.56. The van der Waals surface area contributed by atoms with Crippen molar-refractivity contribution >= 4 is 0 Å². The summed E-state index contributed by atoms with van der Waals surface area (Å²) in [5, 5.41) is 11.6. The Morgan fingerprint density at radius 1 is 1.11 bits per heavy atom. The fraction of sp³-hybridized carbons (Fsp3) is 0.478. The monoisotopic (exact) mass is 369 g/mol. The van der Waals surface area contributed by atoms with Crippen LogP contribution in [0.4, 0.5) is 0 Å². The van der Waals surface area contributed by atoms with Crippen molar-refractivity contribution in [2.45, 2.75) is 37.6 Å². The van der Waals surface area contributed by atoms with Crippen LogP contribution in [0.2, 0.25) is 0 Å². The number of methoxy groups -OCH3 is 1. The standard InChI is InChI=1S/C23H31NO3/c1-24(2)16-20-15-22(27-17-18-8-5-4-6-9-18)12-13-23(20,25)19-10-7-11-21(14-19)26-3/h4-11,14,20,22,25H,12-13,15-17H2,1-3H3/t20-,22+,23-/m1/s1. The molecule has 0 aliphatic heterocycles. The van der Waals surface area contributed by atoms with Crippen molar-refractivity contribution in [1.29, 1.82) is 0 Å². The third kappa shape index (κ3) is 4.89. The molecule has 27 heavy (non-hydrogen) atoms. The van der Waals surface area contributed by atoms with Gasteiger partial charge in [-0.15, -0.1) is 0 Å². The van der Waals surface area contributed by atoms with Gasteiger partial charge in [0.15, 0.2) is 0 Å². The molecular formula is C23H31NO3. The number of rotatable bonds is 7. The molecule has 3 atom stereocenters. The van der Waals surface area contributed by atoms with Gasteiger partial charge in [-0.25, -0.2) is 0 Å². The van der Waals surface area contributed by atoms with Crippen LogP contribution in [0.1, 0.15) is 30.4 Å². The number of benzene rings is 2. The number of aliphatic hydroxyl groups is 1. The Hall–Kier alpha value is -1.88. The minimum Gasteiger partial charge on any atom is -0.497 e. The van der Waals surface area contributed by atoms with Crippen LogP contribution in [-0.2, 0) is 16.9 Å². The van der Waals surface area contributed by atoms with Gasteiger partial charge in [-0.05, 0) is 56.6 Å². The SMILES string of the molecule is COc1cccc([C@]2(O)CC[C@H](OCc3ccccc3)C[C@@H]2CN(C)C)c1. The molecular weight excluding hydrogens is 338 g/mol. The number of hydrogen-bond acceptors (Lipinski definition) is 4. The third-order valence-corrected chi connectivity index (χ3v) is 5.55. The van der Waals surface area contributed by atoms with Gasteiger partial charge in [0.25, 0.3) is 0 Å². The zero-order valence-corrected chi connectivity index (χ0v) is 16.6. The Bertz CT molecular complexity index is 719. The van der Waals surface area contributed by atoms with Crippen LogP contribution in [-0.4, -0.2) is 43.9 Å². The number of hydrogen-bond donors (Lipinski definition) is 1. The topological polar surface area (TPSA) is 41.9 Å². The molecule has 0 amide bonds. The molecule has 146 valence electrons. The first kappa shape index (κ1) is 19.9. The maximum atomic E-state index is 11.6. The lowest BCUT2D eigenvalue weighted by Gasteiger charge is -2.44. The van der Waals surface area contributed by atoms with E-state index in [1.165, 1.54) is 5.56 Å². The van der Waals surface area contributed by atoms with Gasteiger partial charge in [-0.2, -0.15) is 0 Å².